The number of hydrogen-bond donors (Lipinski definition) is 1. The van der Waals surface area contributed by atoms with Crippen LogP contribution in [0.2, 0.25) is 0 Å². The Morgan fingerprint density at radius 1 is 1.06 bits per heavy atom. The van der Waals surface area contributed by atoms with E-state index in [1.807, 2.05) is 0 Å². The minimum absolute atomic E-state index is 0.1000. The van der Waals surface area contributed by atoms with Crippen molar-refractivity contribution >= 4 is 5.97 Å². The van der Waals surface area contributed by atoms with Crippen molar-refractivity contribution in [1.29, 1.82) is 0 Å². The van der Waals surface area contributed by atoms with Gasteiger partial charge in [-0.2, -0.15) is 0 Å². The van der Waals surface area contributed by atoms with Gasteiger partial charge < -0.3 is 14.9 Å². The zero-order valence-electron chi connectivity index (χ0n) is 11.6. The van der Waals surface area contributed by atoms with E-state index in [2.05, 4.69) is 23.6 Å². The summed E-state index contributed by atoms with van der Waals surface area (Å²) < 4.78 is 0. The summed E-state index contributed by atoms with van der Waals surface area (Å²) in [7, 11) is 0. The molecule has 2 heterocycles. The third kappa shape index (κ3) is 3.23. The molecule has 0 aromatic carbocycles. The highest BCUT2D eigenvalue weighted by Gasteiger charge is 2.30. The van der Waals surface area contributed by atoms with Crippen LogP contribution < -0.4 is 0 Å². The minimum atomic E-state index is -0.607. The largest absolute Gasteiger partial charge is 0.481 e. The van der Waals surface area contributed by atoms with Gasteiger partial charge in [0.05, 0.1) is 5.92 Å². The van der Waals surface area contributed by atoms with Gasteiger partial charge in [-0.25, -0.2) is 0 Å². The number of carboxylic acids is 1. The molecule has 104 valence electrons. The topological polar surface area (TPSA) is 43.8 Å². The molecule has 2 fully saturated rings. The molecule has 2 aliphatic rings. The Kier molecular flexibility index (Phi) is 4.62. The van der Waals surface area contributed by atoms with E-state index >= 15 is 0 Å². The first-order chi connectivity index (χ1) is 8.58. The molecular formula is C14H26N2O2. The molecular weight excluding hydrogens is 228 g/mol. The van der Waals surface area contributed by atoms with Gasteiger partial charge in [0.1, 0.15) is 0 Å². The summed E-state index contributed by atoms with van der Waals surface area (Å²) in [5.41, 5.74) is 0. The molecule has 2 saturated heterocycles. The molecule has 0 saturated carbocycles. The van der Waals surface area contributed by atoms with Crippen molar-refractivity contribution in [3.63, 3.8) is 0 Å². The maximum atomic E-state index is 10.9. The van der Waals surface area contributed by atoms with Crippen molar-refractivity contribution in [3.8, 4) is 0 Å². The van der Waals surface area contributed by atoms with Gasteiger partial charge in [0.15, 0.2) is 0 Å². The highest BCUT2D eigenvalue weighted by atomic mass is 16.4. The van der Waals surface area contributed by atoms with E-state index in [0.717, 1.165) is 25.9 Å². The second-order valence-electron chi connectivity index (χ2n) is 6.01. The molecule has 0 radical (unpaired) electrons. The summed E-state index contributed by atoms with van der Waals surface area (Å²) in [6.07, 6.45) is 4.16. The van der Waals surface area contributed by atoms with Gasteiger partial charge in [0, 0.05) is 12.1 Å². The molecule has 2 aliphatic heterocycles. The van der Waals surface area contributed by atoms with Gasteiger partial charge in [0.25, 0.3) is 0 Å². The van der Waals surface area contributed by atoms with E-state index in [0.29, 0.717) is 12.1 Å². The standard InChI is InChI=1S/C14H26N2O2/c1-11(2)15-9-5-13(6-10-15)16-7-3-12(4-8-16)14(17)18/h11-13H,3-10H2,1-2H3,(H,17,18). The molecule has 0 amide bonds. The lowest BCUT2D eigenvalue weighted by molar-refractivity contribution is -0.143. The average molecular weight is 254 g/mol. The lowest BCUT2D eigenvalue weighted by Crippen LogP contribution is -2.49. The molecule has 0 atom stereocenters. The Morgan fingerprint density at radius 3 is 2.06 bits per heavy atom. The van der Waals surface area contributed by atoms with Crippen molar-refractivity contribution in [2.24, 2.45) is 5.92 Å². The number of nitrogens with zero attached hydrogens (tertiary/aromatic N) is 2. The number of piperidine rings is 2. The van der Waals surface area contributed by atoms with Gasteiger partial charge in [-0.15, -0.1) is 0 Å². The Bertz CT molecular complexity index is 278. The molecule has 0 spiro atoms. The number of carboxylic acid groups (broad SMARTS) is 1. The zero-order chi connectivity index (χ0) is 13.1. The zero-order valence-corrected chi connectivity index (χ0v) is 11.6. The summed E-state index contributed by atoms with van der Waals surface area (Å²) in [6.45, 7) is 8.87. The average Bonchev–Trinajstić information content (AvgIpc) is 2.39. The highest BCUT2D eigenvalue weighted by Crippen LogP contribution is 2.24. The number of rotatable bonds is 3. The third-order valence-electron chi connectivity index (χ3n) is 4.62. The lowest BCUT2D eigenvalue weighted by atomic mass is 9.93. The fraction of sp³-hybridized carbons (Fsp3) is 0.929. The SMILES string of the molecule is CC(C)N1CCC(N2CCC(C(=O)O)CC2)CC1. The minimum Gasteiger partial charge on any atom is -0.481 e. The van der Waals surface area contributed by atoms with Crippen LogP contribution in [-0.2, 0) is 4.79 Å². The van der Waals surface area contributed by atoms with Gasteiger partial charge in [-0.1, -0.05) is 0 Å². The molecule has 4 heteroatoms. The van der Waals surface area contributed by atoms with Crippen molar-refractivity contribution in [3.05, 3.63) is 0 Å². The summed E-state index contributed by atoms with van der Waals surface area (Å²) in [6, 6.07) is 1.35. The second-order valence-corrected chi connectivity index (χ2v) is 6.01. The van der Waals surface area contributed by atoms with Crippen LogP contribution in [0.4, 0.5) is 0 Å². The maximum absolute atomic E-state index is 10.9. The molecule has 0 aliphatic carbocycles. The highest BCUT2D eigenvalue weighted by molar-refractivity contribution is 5.70. The molecule has 0 unspecified atom stereocenters. The van der Waals surface area contributed by atoms with Crippen LogP contribution in [-0.4, -0.2) is 59.1 Å². The van der Waals surface area contributed by atoms with Crippen LogP contribution in [0.15, 0.2) is 0 Å². The smallest absolute Gasteiger partial charge is 0.306 e. The quantitative estimate of drug-likeness (QED) is 0.832. The number of aliphatic carboxylic acids is 1. The van der Waals surface area contributed by atoms with Crippen LogP contribution in [0.5, 0.6) is 0 Å². The van der Waals surface area contributed by atoms with Crippen molar-refractivity contribution in [1.82, 2.24) is 9.80 Å². The van der Waals surface area contributed by atoms with Gasteiger partial charge >= 0.3 is 5.97 Å². The van der Waals surface area contributed by atoms with Crippen molar-refractivity contribution in [2.75, 3.05) is 26.2 Å². The first-order valence-corrected chi connectivity index (χ1v) is 7.29. The Hall–Kier alpha value is -0.610. The monoisotopic (exact) mass is 254 g/mol. The van der Waals surface area contributed by atoms with Gasteiger partial charge in [-0.05, 0) is 65.7 Å². The summed E-state index contributed by atoms with van der Waals surface area (Å²) in [4.78, 5) is 16.0. The Balaban J connectivity index is 1.76. The molecule has 1 N–H and O–H groups in total. The van der Waals surface area contributed by atoms with Crippen molar-refractivity contribution < 1.29 is 9.90 Å². The summed E-state index contributed by atoms with van der Waals surface area (Å²) in [5.74, 6) is -0.707. The maximum Gasteiger partial charge on any atom is 0.306 e. The van der Waals surface area contributed by atoms with E-state index < -0.39 is 5.97 Å². The summed E-state index contributed by atoms with van der Waals surface area (Å²) in [5, 5.41) is 9.01. The second kappa shape index (κ2) is 6.02. The molecule has 4 nitrogen and oxygen atoms in total. The van der Waals surface area contributed by atoms with E-state index in [4.69, 9.17) is 5.11 Å². The first-order valence-electron chi connectivity index (χ1n) is 7.29. The van der Waals surface area contributed by atoms with E-state index in [9.17, 15) is 4.79 Å². The predicted molar refractivity (Wildman–Crippen MR) is 71.7 cm³/mol. The number of likely N-dealkylation sites (tertiary alicyclic amines) is 2. The lowest BCUT2D eigenvalue weighted by Gasteiger charge is -2.42. The number of hydrogen-bond acceptors (Lipinski definition) is 3. The fourth-order valence-electron chi connectivity index (χ4n) is 3.28. The van der Waals surface area contributed by atoms with E-state index in [-0.39, 0.29) is 5.92 Å². The molecule has 0 aromatic rings. The fourth-order valence-corrected chi connectivity index (χ4v) is 3.28. The normalized spacial score (nSPS) is 25.7. The van der Waals surface area contributed by atoms with Crippen LogP contribution in [0.1, 0.15) is 39.5 Å². The van der Waals surface area contributed by atoms with Crippen LogP contribution >= 0.6 is 0 Å². The van der Waals surface area contributed by atoms with Gasteiger partial charge in [0.2, 0.25) is 0 Å². The third-order valence-corrected chi connectivity index (χ3v) is 4.62. The van der Waals surface area contributed by atoms with E-state index in [1.54, 1.807) is 0 Å². The van der Waals surface area contributed by atoms with Crippen LogP contribution in [0.3, 0.4) is 0 Å². The number of carbonyl (C=O) groups is 1. The molecule has 0 bridgehead atoms. The van der Waals surface area contributed by atoms with Crippen molar-refractivity contribution in [2.45, 2.75) is 51.6 Å². The Morgan fingerprint density at radius 2 is 1.61 bits per heavy atom. The molecule has 18 heavy (non-hydrogen) atoms. The predicted octanol–water partition coefficient (Wildman–Crippen LogP) is 1.66. The Labute approximate surface area is 110 Å². The van der Waals surface area contributed by atoms with E-state index in [1.165, 1.54) is 25.9 Å². The molecule has 0 aromatic heterocycles. The summed E-state index contributed by atoms with van der Waals surface area (Å²) >= 11 is 0. The molecule has 2 rings (SSSR count). The van der Waals surface area contributed by atoms with Crippen LogP contribution in [0, 0.1) is 5.92 Å². The first kappa shape index (κ1) is 13.8. The van der Waals surface area contributed by atoms with Crippen LogP contribution in [0.25, 0.3) is 0 Å². The van der Waals surface area contributed by atoms with Gasteiger partial charge in [-0.3, -0.25) is 4.79 Å².